The molecule has 33 heavy (non-hydrogen) atoms. The van der Waals surface area contributed by atoms with Crippen LogP contribution in [-0.4, -0.2) is 95.6 Å². The Balaban J connectivity index is 1.48. The van der Waals surface area contributed by atoms with Gasteiger partial charge in [-0.25, -0.2) is 13.2 Å². The fourth-order valence-corrected chi connectivity index (χ4v) is 7.39. The van der Waals surface area contributed by atoms with E-state index in [4.69, 9.17) is 11.6 Å². The SMILES string of the molecule is CC(=O)N1CCC(N2CCC2C(=O)N2CC(S(=O)(=O)c3ccccc3Cl)CC2C(=O)O)CC1. The Morgan fingerprint density at radius 3 is 2.24 bits per heavy atom. The first-order chi connectivity index (χ1) is 15.6. The largest absolute Gasteiger partial charge is 0.480 e. The molecule has 1 N–H and O–H groups in total. The van der Waals surface area contributed by atoms with Crippen molar-refractivity contribution in [2.24, 2.45) is 0 Å². The number of carbonyl (C=O) groups is 3. The summed E-state index contributed by atoms with van der Waals surface area (Å²) in [4.78, 5) is 41.9. The Bertz CT molecular complexity index is 1060. The maximum Gasteiger partial charge on any atom is 0.326 e. The van der Waals surface area contributed by atoms with Gasteiger partial charge in [0.15, 0.2) is 9.84 Å². The molecule has 1 aromatic carbocycles. The number of hydrogen-bond donors (Lipinski definition) is 1. The van der Waals surface area contributed by atoms with E-state index in [9.17, 15) is 27.9 Å². The van der Waals surface area contributed by atoms with Crippen molar-refractivity contribution in [2.45, 2.75) is 60.9 Å². The van der Waals surface area contributed by atoms with Crippen molar-refractivity contribution in [1.82, 2.24) is 14.7 Å². The van der Waals surface area contributed by atoms with E-state index in [1.54, 1.807) is 24.0 Å². The van der Waals surface area contributed by atoms with Gasteiger partial charge in [-0.1, -0.05) is 23.7 Å². The number of carboxylic acids is 1. The third-order valence-electron chi connectivity index (χ3n) is 7.14. The van der Waals surface area contributed by atoms with Crippen LogP contribution in [-0.2, 0) is 24.2 Å². The Morgan fingerprint density at radius 1 is 1.03 bits per heavy atom. The molecule has 11 heteroatoms. The van der Waals surface area contributed by atoms with Gasteiger partial charge >= 0.3 is 5.97 Å². The number of aliphatic carboxylic acids is 1. The number of carboxylic acid groups (broad SMARTS) is 1. The maximum atomic E-state index is 13.4. The standard InChI is InChI=1S/C22H28ClN3O6S/c1-14(27)24-9-6-15(7-10-24)25-11-8-18(25)21(28)26-13-16(12-19(26)22(29)30)33(31,32)20-5-3-2-4-17(20)23/h2-5,15-16,18-19H,6-13H2,1H3,(H,29,30). The number of hydrogen-bond acceptors (Lipinski definition) is 6. The second-order valence-corrected chi connectivity index (χ2v) is 11.6. The molecular weight excluding hydrogens is 470 g/mol. The van der Waals surface area contributed by atoms with E-state index in [1.165, 1.54) is 17.0 Å². The normalized spacial score (nSPS) is 26.8. The molecule has 3 unspecified atom stereocenters. The lowest BCUT2D eigenvalue weighted by molar-refractivity contribution is -0.154. The van der Waals surface area contributed by atoms with Crippen molar-refractivity contribution in [3.05, 3.63) is 29.3 Å². The highest BCUT2D eigenvalue weighted by Gasteiger charge is 2.50. The van der Waals surface area contributed by atoms with Gasteiger partial charge in [-0.05, 0) is 37.8 Å². The Morgan fingerprint density at radius 2 is 1.70 bits per heavy atom. The van der Waals surface area contributed by atoms with Gasteiger partial charge in [0.2, 0.25) is 11.8 Å². The molecule has 3 aliphatic heterocycles. The van der Waals surface area contributed by atoms with Crippen LogP contribution in [0.15, 0.2) is 29.2 Å². The smallest absolute Gasteiger partial charge is 0.326 e. The van der Waals surface area contributed by atoms with E-state index in [0.29, 0.717) is 19.5 Å². The molecule has 3 heterocycles. The number of benzene rings is 1. The monoisotopic (exact) mass is 497 g/mol. The van der Waals surface area contributed by atoms with Crippen LogP contribution in [0.2, 0.25) is 5.02 Å². The van der Waals surface area contributed by atoms with Crippen LogP contribution in [0, 0.1) is 0 Å². The summed E-state index contributed by atoms with van der Waals surface area (Å²) in [6, 6.07) is 4.57. The fourth-order valence-electron chi connectivity index (χ4n) is 5.17. The topological polar surface area (TPSA) is 115 Å². The minimum atomic E-state index is -3.91. The molecule has 2 amide bonds. The van der Waals surface area contributed by atoms with E-state index in [1.807, 2.05) is 0 Å². The van der Waals surface area contributed by atoms with E-state index in [0.717, 1.165) is 19.4 Å². The first-order valence-corrected chi connectivity index (χ1v) is 13.1. The number of amides is 2. The summed E-state index contributed by atoms with van der Waals surface area (Å²) in [7, 11) is -3.91. The lowest BCUT2D eigenvalue weighted by Gasteiger charge is -2.48. The van der Waals surface area contributed by atoms with Gasteiger partial charge in [0.25, 0.3) is 0 Å². The summed E-state index contributed by atoms with van der Waals surface area (Å²) < 4.78 is 26.4. The van der Waals surface area contributed by atoms with Gasteiger partial charge in [-0.3, -0.25) is 14.5 Å². The van der Waals surface area contributed by atoms with Crippen molar-refractivity contribution in [2.75, 3.05) is 26.2 Å². The lowest BCUT2D eigenvalue weighted by Crippen LogP contribution is -2.63. The molecule has 0 aliphatic carbocycles. The van der Waals surface area contributed by atoms with Gasteiger partial charge in [0, 0.05) is 39.1 Å². The summed E-state index contributed by atoms with van der Waals surface area (Å²) in [6.07, 6.45) is 1.96. The van der Waals surface area contributed by atoms with Crippen LogP contribution in [0.5, 0.6) is 0 Å². The summed E-state index contributed by atoms with van der Waals surface area (Å²) in [5, 5.41) is 8.79. The van der Waals surface area contributed by atoms with Gasteiger partial charge in [-0.15, -0.1) is 0 Å². The van der Waals surface area contributed by atoms with Crippen LogP contribution >= 0.6 is 11.6 Å². The van der Waals surface area contributed by atoms with Crippen molar-refractivity contribution >= 4 is 39.2 Å². The molecule has 0 radical (unpaired) electrons. The summed E-state index contributed by atoms with van der Waals surface area (Å²) >= 11 is 6.09. The number of rotatable bonds is 5. The molecule has 3 atom stereocenters. The van der Waals surface area contributed by atoms with Gasteiger partial charge in [0.05, 0.1) is 21.2 Å². The number of nitrogens with zero attached hydrogens (tertiary/aromatic N) is 3. The highest BCUT2D eigenvalue weighted by molar-refractivity contribution is 7.92. The quantitative estimate of drug-likeness (QED) is 0.651. The lowest BCUT2D eigenvalue weighted by atomic mass is 9.93. The van der Waals surface area contributed by atoms with Gasteiger partial charge in [-0.2, -0.15) is 0 Å². The molecule has 1 aromatic rings. The number of halogens is 1. The molecule has 0 spiro atoms. The van der Waals surface area contributed by atoms with E-state index < -0.39 is 33.1 Å². The summed E-state index contributed by atoms with van der Waals surface area (Å²) in [6.45, 7) is 3.38. The fraction of sp³-hybridized carbons (Fsp3) is 0.591. The van der Waals surface area contributed by atoms with Crippen molar-refractivity contribution in [1.29, 1.82) is 0 Å². The molecule has 3 fully saturated rings. The van der Waals surface area contributed by atoms with Crippen molar-refractivity contribution in [3.63, 3.8) is 0 Å². The third-order valence-corrected chi connectivity index (χ3v) is 9.77. The average molecular weight is 498 g/mol. The Kier molecular flexibility index (Phi) is 6.70. The molecule has 0 aromatic heterocycles. The molecule has 3 aliphatic rings. The first-order valence-electron chi connectivity index (χ1n) is 11.1. The zero-order valence-corrected chi connectivity index (χ0v) is 20.0. The Labute approximate surface area is 198 Å². The number of sulfone groups is 1. The van der Waals surface area contributed by atoms with Crippen LogP contribution in [0.3, 0.4) is 0 Å². The van der Waals surface area contributed by atoms with Crippen molar-refractivity contribution < 1.29 is 27.9 Å². The Hall–Kier alpha value is -2.17. The van der Waals surface area contributed by atoms with Crippen LogP contribution in [0.1, 0.15) is 32.6 Å². The predicted octanol–water partition coefficient (Wildman–Crippen LogP) is 1.25. The molecular formula is C22H28ClN3O6S. The highest BCUT2D eigenvalue weighted by Crippen LogP contribution is 2.34. The van der Waals surface area contributed by atoms with Crippen LogP contribution < -0.4 is 0 Å². The van der Waals surface area contributed by atoms with E-state index >= 15 is 0 Å². The third kappa shape index (κ3) is 4.48. The molecule has 4 rings (SSSR count). The van der Waals surface area contributed by atoms with E-state index in [2.05, 4.69) is 4.90 Å². The number of likely N-dealkylation sites (tertiary alicyclic amines) is 3. The maximum absolute atomic E-state index is 13.4. The molecule has 0 bridgehead atoms. The summed E-state index contributed by atoms with van der Waals surface area (Å²) in [5.41, 5.74) is 0. The molecule has 180 valence electrons. The van der Waals surface area contributed by atoms with E-state index in [-0.39, 0.29) is 40.7 Å². The molecule has 9 nitrogen and oxygen atoms in total. The summed E-state index contributed by atoms with van der Waals surface area (Å²) in [5.74, 6) is -1.50. The minimum absolute atomic E-state index is 0.0387. The first kappa shape index (κ1) is 24.0. The molecule has 3 saturated heterocycles. The van der Waals surface area contributed by atoms with Gasteiger partial charge in [0.1, 0.15) is 6.04 Å². The van der Waals surface area contributed by atoms with Crippen LogP contribution in [0.4, 0.5) is 0 Å². The number of piperidine rings is 1. The van der Waals surface area contributed by atoms with Crippen molar-refractivity contribution in [3.8, 4) is 0 Å². The molecule has 0 saturated carbocycles. The zero-order valence-electron chi connectivity index (χ0n) is 18.4. The number of carbonyl (C=O) groups excluding carboxylic acids is 2. The predicted molar refractivity (Wildman–Crippen MR) is 121 cm³/mol. The van der Waals surface area contributed by atoms with Gasteiger partial charge < -0.3 is 14.9 Å². The second kappa shape index (κ2) is 9.23. The highest BCUT2D eigenvalue weighted by atomic mass is 35.5. The second-order valence-electron chi connectivity index (χ2n) is 8.96. The minimum Gasteiger partial charge on any atom is -0.480 e. The zero-order chi connectivity index (χ0) is 23.9. The van der Waals surface area contributed by atoms with Crippen LogP contribution in [0.25, 0.3) is 0 Å². The average Bonchev–Trinajstić information content (AvgIpc) is 3.20.